The molecule has 0 fully saturated rings. The summed E-state index contributed by atoms with van der Waals surface area (Å²) >= 11 is 12.4. The number of halogens is 2. The normalized spacial score (nSPS) is 18.1. The average molecular weight is 350 g/mol. The van der Waals surface area contributed by atoms with E-state index in [-0.39, 0.29) is 18.4 Å². The molecule has 0 saturated carbocycles. The topological polar surface area (TPSA) is 20.3 Å². The molecule has 1 aromatic rings. The third kappa shape index (κ3) is 3.70. The van der Waals surface area contributed by atoms with Gasteiger partial charge in [0.25, 0.3) is 0 Å². The summed E-state index contributed by atoms with van der Waals surface area (Å²) in [7, 11) is 0. The van der Waals surface area contributed by atoms with E-state index in [1.54, 1.807) is 18.2 Å². The van der Waals surface area contributed by atoms with Crippen LogP contribution >= 0.6 is 23.2 Å². The summed E-state index contributed by atoms with van der Waals surface area (Å²) in [6, 6.07) is 5.26. The van der Waals surface area contributed by atoms with Gasteiger partial charge in [-0.05, 0) is 49.1 Å². The van der Waals surface area contributed by atoms with Crippen LogP contribution in [-0.2, 0) is 11.2 Å². The van der Waals surface area contributed by atoms with Crippen molar-refractivity contribution in [3.05, 3.63) is 69.8 Å². The quantitative estimate of drug-likeness (QED) is 0.729. The van der Waals surface area contributed by atoms with Crippen LogP contribution in [0.3, 0.4) is 0 Å². The van der Waals surface area contributed by atoms with E-state index in [2.05, 4.69) is 13.2 Å². The van der Waals surface area contributed by atoms with E-state index in [9.17, 15) is 4.79 Å². The van der Waals surface area contributed by atoms with Gasteiger partial charge in [0.1, 0.15) is 0 Å². The number of allylic oxidation sites excluding steroid dienone is 1. The zero-order valence-corrected chi connectivity index (χ0v) is 15.0. The molecule has 0 N–H and O–H groups in total. The van der Waals surface area contributed by atoms with Crippen LogP contribution in [0.5, 0.6) is 0 Å². The number of carbonyl (C=O) groups excluding carboxylic acids is 1. The lowest BCUT2D eigenvalue weighted by Gasteiger charge is -2.36. The molecule has 1 heterocycles. The molecule has 1 atom stereocenters. The van der Waals surface area contributed by atoms with Crippen LogP contribution in [-0.4, -0.2) is 23.4 Å². The fourth-order valence-corrected chi connectivity index (χ4v) is 3.57. The fraction of sp³-hybridized carbons (Fsp3) is 0.316. The summed E-state index contributed by atoms with van der Waals surface area (Å²) < 4.78 is 0. The molecule has 0 bridgehead atoms. The first-order valence-electron chi connectivity index (χ1n) is 7.60. The number of benzene rings is 1. The second kappa shape index (κ2) is 7.37. The van der Waals surface area contributed by atoms with Gasteiger partial charge in [-0.25, -0.2) is 0 Å². The van der Waals surface area contributed by atoms with Gasteiger partial charge in [-0.2, -0.15) is 0 Å². The standard InChI is InChI=1S/C19H21Cl2NO/c1-5-14-13(4)22(10-9-15(14)12(2)3)19(23)11-16-17(20)7-6-8-18(16)21/h5-8,13H,1-2,9-11H2,3-4H3. The second-order valence-electron chi connectivity index (χ2n) is 5.81. The summed E-state index contributed by atoms with van der Waals surface area (Å²) in [6.07, 6.45) is 2.83. The van der Waals surface area contributed by atoms with Crippen LogP contribution in [0.15, 0.2) is 54.2 Å². The van der Waals surface area contributed by atoms with Crippen molar-refractivity contribution in [2.24, 2.45) is 0 Å². The summed E-state index contributed by atoms with van der Waals surface area (Å²) in [5.74, 6) is 0.0209. The average Bonchev–Trinajstić information content (AvgIpc) is 2.50. The molecular formula is C19H21Cl2NO. The van der Waals surface area contributed by atoms with Crippen molar-refractivity contribution >= 4 is 29.1 Å². The molecule has 2 rings (SSSR count). The van der Waals surface area contributed by atoms with E-state index in [1.807, 2.05) is 24.8 Å². The Morgan fingerprint density at radius 1 is 1.39 bits per heavy atom. The van der Waals surface area contributed by atoms with Gasteiger partial charge in [0.05, 0.1) is 12.5 Å². The molecule has 122 valence electrons. The van der Waals surface area contributed by atoms with Gasteiger partial charge in [-0.1, -0.05) is 54.1 Å². The van der Waals surface area contributed by atoms with E-state index < -0.39 is 0 Å². The Morgan fingerprint density at radius 3 is 2.52 bits per heavy atom. The van der Waals surface area contributed by atoms with E-state index in [4.69, 9.17) is 23.2 Å². The molecule has 0 spiro atoms. The van der Waals surface area contributed by atoms with Crippen molar-refractivity contribution in [3.8, 4) is 0 Å². The van der Waals surface area contributed by atoms with Gasteiger partial charge in [-0.3, -0.25) is 4.79 Å². The number of carbonyl (C=O) groups is 1. The lowest BCUT2D eigenvalue weighted by atomic mass is 9.89. The van der Waals surface area contributed by atoms with Crippen molar-refractivity contribution in [3.63, 3.8) is 0 Å². The van der Waals surface area contributed by atoms with Crippen LogP contribution in [0.1, 0.15) is 25.8 Å². The minimum atomic E-state index is -0.0262. The highest BCUT2D eigenvalue weighted by molar-refractivity contribution is 6.36. The highest BCUT2D eigenvalue weighted by Crippen LogP contribution is 2.31. The molecule has 1 aliphatic heterocycles. The molecule has 1 amide bonds. The smallest absolute Gasteiger partial charge is 0.227 e. The Bertz CT molecular complexity index is 670. The number of rotatable bonds is 4. The molecule has 4 heteroatoms. The van der Waals surface area contributed by atoms with E-state index in [1.165, 1.54) is 5.57 Å². The first-order valence-corrected chi connectivity index (χ1v) is 8.36. The van der Waals surface area contributed by atoms with Crippen molar-refractivity contribution in [2.75, 3.05) is 6.54 Å². The maximum Gasteiger partial charge on any atom is 0.227 e. The summed E-state index contributed by atoms with van der Waals surface area (Å²) in [6.45, 7) is 12.6. The molecular weight excluding hydrogens is 329 g/mol. The van der Waals surface area contributed by atoms with Crippen LogP contribution < -0.4 is 0 Å². The Labute approximate surface area is 148 Å². The lowest BCUT2D eigenvalue weighted by Crippen LogP contribution is -2.44. The third-order valence-electron chi connectivity index (χ3n) is 4.31. The number of nitrogens with zero attached hydrogens (tertiary/aromatic N) is 1. The largest absolute Gasteiger partial charge is 0.335 e. The van der Waals surface area contributed by atoms with Crippen LogP contribution in [0.4, 0.5) is 0 Å². The van der Waals surface area contributed by atoms with Gasteiger partial charge in [0.2, 0.25) is 5.91 Å². The molecule has 1 unspecified atom stereocenters. The van der Waals surface area contributed by atoms with Gasteiger partial charge in [-0.15, -0.1) is 0 Å². The van der Waals surface area contributed by atoms with Crippen LogP contribution in [0.25, 0.3) is 0 Å². The first-order chi connectivity index (χ1) is 10.9. The SMILES string of the molecule is C=CC1=C(C(=C)C)CCN(C(=O)Cc2c(Cl)cccc2Cl)C1C. The van der Waals surface area contributed by atoms with Crippen molar-refractivity contribution in [1.29, 1.82) is 0 Å². The summed E-state index contributed by atoms with van der Waals surface area (Å²) in [4.78, 5) is 14.6. The lowest BCUT2D eigenvalue weighted by molar-refractivity contribution is -0.132. The third-order valence-corrected chi connectivity index (χ3v) is 5.02. The van der Waals surface area contributed by atoms with E-state index in [0.29, 0.717) is 22.2 Å². The van der Waals surface area contributed by atoms with Crippen LogP contribution in [0, 0.1) is 0 Å². The zero-order valence-electron chi connectivity index (χ0n) is 13.5. The van der Waals surface area contributed by atoms with Crippen molar-refractivity contribution in [1.82, 2.24) is 4.90 Å². The summed E-state index contributed by atoms with van der Waals surface area (Å²) in [5, 5.41) is 1.05. The Balaban J connectivity index is 2.25. The van der Waals surface area contributed by atoms with Gasteiger partial charge in [0.15, 0.2) is 0 Å². The Kier molecular flexibility index (Phi) is 5.72. The van der Waals surface area contributed by atoms with E-state index in [0.717, 1.165) is 17.6 Å². The monoisotopic (exact) mass is 349 g/mol. The highest BCUT2D eigenvalue weighted by Gasteiger charge is 2.29. The maximum absolute atomic E-state index is 12.7. The van der Waals surface area contributed by atoms with E-state index >= 15 is 0 Å². The number of hydrogen-bond acceptors (Lipinski definition) is 1. The maximum atomic E-state index is 12.7. The molecule has 2 nitrogen and oxygen atoms in total. The first kappa shape index (κ1) is 17.8. The van der Waals surface area contributed by atoms with Gasteiger partial charge in [0, 0.05) is 16.6 Å². The molecule has 1 aliphatic rings. The zero-order chi connectivity index (χ0) is 17.1. The number of hydrogen-bond donors (Lipinski definition) is 0. The fourth-order valence-electron chi connectivity index (χ4n) is 3.04. The minimum Gasteiger partial charge on any atom is -0.335 e. The Hall–Kier alpha value is -1.51. The predicted octanol–water partition coefficient (Wildman–Crippen LogP) is 5.22. The van der Waals surface area contributed by atoms with Crippen molar-refractivity contribution < 1.29 is 4.79 Å². The van der Waals surface area contributed by atoms with Gasteiger partial charge < -0.3 is 4.90 Å². The second-order valence-corrected chi connectivity index (χ2v) is 6.62. The van der Waals surface area contributed by atoms with Crippen molar-refractivity contribution in [2.45, 2.75) is 32.7 Å². The summed E-state index contributed by atoms with van der Waals surface area (Å²) in [5.41, 5.74) is 3.99. The molecule has 0 radical (unpaired) electrons. The van der Waals surface area contributed by atoms with Crippen LogP contribution in [0.2, 0.25) is 10.0 Å². The Morgan fingerprint density at radius 2 is 2.00 bits per heavy atom. The highest BCUT2D eigenvalue weighted by atomic mass is 35.5. The molecule has 23 heavy (non-hydrogen) atoms. The predicted molar refractivity (Wildman–Crippen MR) is 98.0 cm³/mol. The molecule has 1 aromatic carbocycles. The molecule has 0 aliphatic carbocycles. The molecule has 0 aromatic heterocycles. The molecule has 0 saturated heterocycles. The minimum absolute atomic E-state index is 0.0209. The number of amides is 1. The van der Waals surface area contributed by atoms with Gasteiger partial charge >= 0.3 is 0 Å².